The van der Waals surface area contributed by atoms with Crippen molar-refractivity contribution >= 4 is 28.9 Å². The normalized spacial score (nSPS) is 16.0. The molecule has 168 valence electrons. The summed E-state index contributed by atoms with van der Waals surface area (Å²) in [7, 11) is 1.68. The van der Waals surface area contributed by atoms with Crippen molar-refractivity contribution in [1.29, 1.82) is 0 Å². The van der Waals surface area contributed by atoms with Crippen molar-refractivity contribution in [3.8, 4) is 0 Å². The number of nitrogens with zero attached hydrogens (tertiary/aromatic N) is 5. The number of aromatic nitrogens is 4. The molecule has 0 N–H and O–H groups in total. The summed E-state index contributed by atoms with van der Waals surface area (Å²) in [6, 6.07) is 18.0. The van der Waals surface area contributed by atoms with E-state index in [1.165, 1.54) is 9.13 Å². The minimum atomic E-state index is -0.365. The molecule has 0 radical (unpaired) electrons. The fourth-order valence-electron chi connectivity index (χ4n) is 4.59. The van der Waals surface area contributed by atoms with Crippen molar-refractivity contribution in [3.05, 3.63) is 92.6 Å². The first-order valence-electron chi connectivity index (χ1n) is 11.2. The first kappa shape index (κ1) is 21.0. The van der Waals surface area contributed by atoms with Crippen molar-refractivity contribution in [2.24, 2.45) is 13.0 Å². The molecule has 5 rings (SSSR count). The molecule has 4 aromatic rings. The lowest BCUT2D eigenvalue weighted by Gasteiger charge is -2.33. The molecule has 33 heavy (non-hydrogen) atoms. The number of anilines is 2. The van der Waals surface area contributed by atoms with E-state index in [-0.39, 0.29) is 17.8 Å². The van der Waals surface area contributed by atoms with Crippen molar-refractivity contribution in [1.82, 2.24) is 18.7 Å². The molecule has 7 heteroatoms. The maximum atomic E-state index is 13.5. The molecule has 1 atom stereocenters. The molecule has 0 aliphatic carbocycles. The van der Waals surface area contributed by atoms with Gasteiger partial charge in [0.2, 0.25) is 5.95 Å². The van der Waals surface area contributed by atoms with Gasteiger partial charge < -0.3 is 9.47 Å². The van der Waals surface area contributed by atoms with Gasteiger partial charge in [-0.2, -0.15) is 4.98 Å². The van der Waals surface area contributed by atoms with Crippen LogP contribution in [-0.4, -0.2) is 25.2 Å². The van der Waals surface area contributed by atoms with E-state index in [1.54, 1.807) is 7.05 Å². The van der Waals surface area contributed by atoms with E-state index in [0.29, 0.717) is 29.6 Å². The Morgan fingerprint density at radius 2 is 1.76 bits per heavy atom. The molecule has 7 nitrogen and oxygen atoms in total. The number of rotatable bonds is 4. The highest BCUT2D eigenvalue weighted by Crippen LogP contribution is 2.34. The van der Waals surface area contributed by atoms with E-state index in [2.05, 4.69) is 30.9 Å². The van der Waals surface area contributed by atoms with Gasteiger partial charge in [0.1, 0.15) is 0 Å². The fraction of sp³-hybridized carbons (Fsp3) is 0.269. The van der Waals surface area contributed by atoms with Crippen LogP contribution in [0.2, 0.25) is 0 Å². The van der Waals surface area contributed by atoms with Crippen LogP contribution in [0.5, 0.6) is 0 Å². The number of hydrogen-bond acceptors (Lipinski definition) is 4. The number of fused-ring (bicyclic) bond motifs is 3. The van der Waals surface area contributed by atoms with Crippen molar-refractivity contribution < 1.29 is 0 Å². The summed E-state index contributed by atoms with van der Waals surface area (Å²) in [6.45, 7) is 5.93. The molecule has 0 amide bonds. The van der Waals surface area contributed by atoms with Gasteiger partial charge in [-0.05, 0) is 30.0 Å². The molecule has 1 aliphatic heterocycles. The van der Waals surface area contributed by atoms with E-state index in [4.69, 9.17) is 4.98 Å². The van der Waals surface area contributed by atoms with Gasteiger partial charge in [-0.25, -0.2) is 4.79 Å². The number of imidazole rings is 1. The summed E-state index contributed by atoms with van der Waals surface area (Å²) in [6.07, 6.45) is 3.77. The van der Waals surface area contributed by atoms with Gasteiger partial charge in [0.15, 0.2) is 11.2 Å². The number of allylic oxidation sites excluding steroid dienone is 1. The fourth-order valence-corrected chi connectivity index (χ4v) is 4.59. The maximum Gasteiger partial charge on any atom is 0.332 e. The van der Waals surface area contributed by atoms with Gasteiger partial charge in [-0.3, -0.25) is 13.9 Å². The van der Waals surface area contributed by atoms with Gasteiger partial charge in [0.05, 0.1) is 0 Å². The van der Waals surface area contributed by atoms with Crippen molar-refractivity contribution in [2.75, 3.05) is 11.4 Å². The van der Waals surface area contributed by atoms with Crippen molar-refractivity contribution in [2.45, 2.75) is 26.9 Å². The first-order chi connectivity index (χ1) is 16.0. The summed E-state index contributed by atoms with van der Waals surface area (Å²) in [5.41, 5.74) is 3.47. The van der Waals surface area contributed by atoms with E-state index >= 15 is 0 Å². The Labute approximate surface area is 191 Å². The highest BCUT2D eigenvalue weighted by Gasteiger charge is 2.30. The summed E-state index contributed by atoms with van der Waals surface area (Å²) >= 11 is 0. The zero-order valence-electron chi connectivity index (χ0n) is 19.1. The Morgan fingerprint density at radius 1 is 1.03 bits per heavy atom. The van der Waals surface area contributed by atoms with Crippen LogP contribution >= 0.6 is 0 Å². The second-order valence-corrected chi connectivity index (χ2v) is 8.77. The van der Waals surface area contributed by atoms with Crippen LogP contribution in [0.15, 0.2) is 70.3 Å². The third kappa shape index (κ3) is 3.59. The number of aryl methyl sites for hydroxylation is 2. The summed E-state index contributed by atoms with van der Waals surface area (Å²) in [5, 5.41) is 0. The smallest absolute Gasteiger partial charge is 0.311 e. The Kier molecular flexibility index (Phi) is 5.24. The molecule has 0 bridgehead atoms. The topological polar surface area (TPSA) is 65.1 Å². The van der Waals surface area contributed by atoms with E-state index < -0.39 is 0 Å². The van der Waals surface area contributed by atoms with E-state index in [9.17, 15) is 9.59 Å². The molecular weight excluding hydrogens is 414 g/mol. The largest absolute Gasteiger partial charge is 0.332 e. The van der Waals surface area contributed by atoms with Gasteiger partial charge in [0.25, 0.3) is 5.56 Å². The molecule has 0 fully saturated rings. The third-order valence-corrected chi connectivity index (χ3v) is 6.25. The van der Waals surface area contributed by atoms with Crippen LogP contribution in [0.4, 0.5) is 11.6 Å². The lowest BCUT2D eigenvalue weighted by molar-refractivity contribution is 0.457. The molecule has 1 aliphatic rings. The Balaban J connectivity index is 1.65. The Hall–Kier alpha value is -3.87. The lowest BCUT2D eigenvalue weighted by atomic mass is 10.1. The van der Waals surface area contributed by atoms with Crippen LogP contribution in [0.1, 0.15) is 18.1 Å². The Bertz CT molecular complexity index is 1480. The molecule has 0 saturated carbocycles. The van der Waals surface area contributed by atoms with Crippen LogP contribution in [0.3, 0.4) is 0 Å². The van der Waals surface area contributed by atoms with Gasteiger partial charge in [-0.1, -0.05) is 67.6 Å². The van der Waals surface area contributed by atoms with Crippen LogP contribution in [0.25, 0.3) is 17.2 Å². The van der Waals surface area contributed by atoms with E-state index in [0.717, 1.165) is 23.4 Å². The highest BCUT2D eigenvalue weighted by molar-refractivity contribution is 5.77. The molecular formula is C26H27N5O2. The molecule has 2 aromatic heterocycles. The first-order valence-corrected chi connectivity index (χ1v) is 11.2. The van der Waals surface area contributed by atoms with Crippen LogP contribution < -0.4 is 16.1 Å². The highest BCUT2D eigenvalue weighted by atomic mass is 16.2. The second-order valence-electron chi connectivity index (χ2n) is 8.77. The average Bonchev–Trinajstić information content (AvgIpc) is 3.20. The molecule has 0 unspecified atom stereocenters. The lowest BCUT2D eigenvalue weighted by Crippen LogP contribution is -2.40. The third-order valence-electron chi connectivity index (χ3n) is 6.25. The van der Waals surface area contributed by atoms with E-state index in [1.807, 2.05) is 59.2 Å². The van der Waals surface area contributed by atoms with Gasteiger partial charge in [-0.15, -0.1) is 0 Å². The van der Waals surface area contributed by atoms with Gasteiger partial charge >= 0.3 is 5.69 Å². The summed E-state index contributed by atoms with van der Waals surface area (Å²) in [4.78, 5) is 33.5. The SMILES string of the molecule is Cc1ccccc1N1C[C@H](C)Cn2c1nc1c2c(=O)n(C/C=C/c2ccccc2)c(=O)n1C. The molecule has 0 spiro atoms. The number of benzene rings is 2. The average molecular weight is 442 g/mol. The predicted octanol–water partition coefficient (Wildman–Crippen LogP) is 3.71. The maximum absolute atomic E-state index is 13.5. The van der Waals surface area contributed by atoms with Crippen LogP contribution in [-0.2, 0) is 20.1 Å². The Morgan fingerprint density at radius 3 is 2.52 bits per heavy atom. The molecule has 2 aromatic carbocycles. The standard InChI is InChI=1S/C26H27N5O2/c1-18-16-30(21-14-8-7-10-19(21)2)25-27-23-22(31(25)17-18)24(32)29(26(33)28(23)3)15-9-13-20-11-5-4-6-12-20/h4-14,18H,15-17H2,1-3H3/b13-9+/t18-/m0/s1. The van der Waals surface area contributed by atoms with Gasteiger partial charge in [0, 0.05) is 32.4 Å². The summed E-state index contributed by atoms with van der Waals surface area (Å²) in [5.74, 6) is 1.03. The quantitative estimate of drug-likeness (QED) is 0.484. The molecule has 0 saturated heterocycles. The number of para-hydroxylation sites is 1. The summed E-state index contributed by atoms with van der Waals surface area (Å²) < 4.78 is 4.75. The zero-order valence-corrected chi connectivity index (χ0v) is 19.1. The zero-order chi connectivity index (χ0) is 23.1. The van der Waals surface area contributed by atoms with Crippen LogP contribution in [0, 0.1) is 12.8 Å². The predicted molar refractivity (Wildman–Crippen MR) is 132 cm³/mol. The minimum Gasteiger partial charge on any atom is -0.311 e. The molecule has 3 heterocycles. The number of hydrogen-bond donors (Lipinski definition) is 0. The minimum absolute atomic E-state index is 0.202. The second kappa shape index (κ2) is 8.24. The monoisotopic (exact) mass is 441 g/mol. The van der Waals surface area contributed by atoms with Crippen molar-refractivity contribution in [3.63, 3.8) is 0 Å².